The van der Waals surface area contributed by atoms with Crippen molar-refractivity contribution in [3.63, 3.8) is 0 Å². The summed E-state index contributed by atoms with van der Waals surface area (Å²) in [5.41, 5.74) is 0. The summed E-state index contributed by atoms with van der Waals surface area (Å²) in [6, 6.07) is -2.91. The third kappa shape index (κ3) is 3.79. The molecular formula is C14H19N7O5. The van der Waals surface area contributed by atoms with Crippen LogP contribution in [0.5, 0.6) is 0 Å². The molecule has 0 aromatic carbocycles. The number of urea groups is 2. The first kappa shape index (κ1) is 17.8. The molecule has 2 aliphatic rings. The Kier molecular flexibility index (Phi) is 5.11. The summed E-state index contributed by atoms with van der Waals surface area (Å²) in [4.78, 5) is 49.4. The van der Waals surface area contributed by atoms with E-state index in [4.69, 9.17) is 4.42 Å². The molecule has 2 aliphatic heterocycles. The fourth-order valence-corrected chi connectivity index (χ4v) is 3.13. The van der Waals surface area contributed by atoms with Crippen molar-refractivity contribution in [3.05, 3.63) is 5.89 Å². The lowest BCUT2D eigenvalue weighted by Gasteiger charge is -2.29. The van der Waals surface area contributed by atoms with E-state index in [-0.39, 0.29) is 30.4 Å². The second kappa shape index (κ2) is 7.47. The van der Waals surface area contributed by atoms with Crippen LogP contribution in [0, 0.1) is 0 Å². The highest BCUT2D eigenvalue weighted by Crippen LogP contribution is 2.31. The molecule has 6 amide bonds. The number of carbonyl (C=O) groups is 4. The van der Waals surface area contributed by atoms with Gasteiger partial charge in [-0.05, 0) is 25.8 Å². The molecule has 1 aromatic rings. The summed E-state index contributed by atoms with van der Waals surface area (Å²) in [6.07, 6.45) is 2.04. The van der Waals surface area contributed by atoms with Gasteiger partial charge in [0.05, 0.1) is 18.6 Å². The van der Waals surface area contributed by atoms with Gasteiger partial charge in [0.25, 0.3) is 0 Å². The second-order valence-corrected chi connectivity index (χ2v) is 5.94. The zero-order chi connectivity index (χ0) is 18.7. The van der Waals surface area contributed by atoms with Crippen molar-refractivity contribution < 1.29 is 23.6 Å². The lowest BCUT2D eigenvalue weighted by atomic mass is 10.1. The van der Waals surface area contributed by atoms with Gasteiger partial charge in [-0.3, -0.25) is 30.4 Å². The number of anilines is 1. The van der Waals surface area contributed by atoms with E-state index >= 15 is 0 Å². The van der Waals surface area contributed by atoms with Crippen molar-refractivity contribution in [1.29, 1.82) is 0 Å². The number of nitrogens with one attached hydrogen (secondary N) is 4. The summed E-state index contributed by atoms with van der Waals surface area (Å²) in [5, 5.41) is 16.2. The number of nitrogens with zero attached hydrogens (tertiary/aromatic N) is 3. The van der Waals surface area contributed by atoms with E-state index < -0.39 is 24.0 Å². The summed E-state index contributed by atoms with van der Waals surface area (Å²) in [5.74, 6) is -0.798. The van der Waals surface area contributed by atoms with Gasteiger partial charge in [0.1, 0.15) is 0 Å². The summed E-state index contributed by atoms with van der Waals surface area (Å²) < 4.78 is 5.47. The standard InChI is InChI=1S/C14H19N7O5/c1-2-7-11-19-20-14(26-11)18-13(25)17-12(24)16-9(22)6-15-10(23)8-4-3-5-21(7)8/h7-8H,2-6H2,1H3,(H,15,23)(H3,16,17,18,20,22,24,25)/t7?,8-/m0/s1. The Morgan fingerprint density at radius 3 is 2.65 bits per heavy atom. The summed E-state index contributed by atoms with van der Waals surface area (Å²) in [7, 11) is 0. The van der Waals surface area contributed by atoms with Crippen LogP contribution in [-0.2, 0) is 9.59 Å². The molecule has 140 valence electrons. The number of hydrogen-bond donors (Lipinski definition) is 4. The first-order valence-electron chi connectivity index (χ1n) is 8.26. The zero-order valence-corrected chi connectivity index (χ0v) is 14.1. The average Bonchev–Trinajstić information content (AvgIpc) is 3.22. The van der Waals surface area contributed by atoms with E-state index in [9.17, 15) is 19.2 Å². The molecule has 3 heterocycles. The van der Waals surface area contributed by atoms with Gasteiger partial charge in [-0.2, -0.15) is 0 Å². The third-order valence-corrected chi connectivity index (χ3v) is 4.23. The molecule has 1 aromatic heterocycles. The van der Waals surface area contributed by atoms with Crippen molar-refractivity contribution in [1.82, 2.24) is 31.0 Å². The number of carbonyl (C=O) groups excluding carboxylic acids is 4. The lowest BCUT2D eigenvalue weighted by Crippen LogP contribution is -2.50. The fraction of sp³-hybridized carbons (Fsp3) is 0.571. The van der Waals surface area contributed by atoms with Crippen LogP contribution in [0.3, 0.4) is 0 Å². The van der Waals surface area contributed by atoms with Gasteiger partial charge in [0.2, 0.25) is 17.7 Å². The Hall–Kier alpha value is -3.02. The topological polar surface area (TPSA) is 159 Å². The number of hydrogen-bond acceptors (Lipinski definition) is 8. The number of amides is 6. The van der Waals surface area contributed by atoms with Crippen LogP contribution in [0.1, 0.15) is 38.1 Å². The molecular weight excluding hydrogens is 346 g/mol. The summed E-state index contributed by atoms with van der Waals surface area (Å²) >= 11 is 0. The number of aromatic nitrogens is 2. The first-order chi connectivity index (χ1) is 12.5. The van der Waals surface area contributed by atoms with Crippen molar-refractivity contribution in [2.24, 2.45) is 0 Å². The molecule has 1 fully saturated rings. The maximum Gasteiger partial charge on any atom is 0.330 e. The molecule has 0 saturated carbocycles. The molecule has 12 heteroatoms. The van der Waals surface area contributed by atoms with Crippen molar-refractivity contribution in [3.8, 4) is 0 Å². The predicted octanol–water partition coefficient (Wildman–Crippen LogP) is -0.527. The van der Waals surface area contributed by atoms with Crippen LogP contribution < -0.4 is 21.3 Å². The minimum absolute atomic E-state index is 0.190. The molecule has 4 N–H and O–H groups in total. The van der Waals surface area contributed by atoms with E-state index in [1.54, 1.807) is 0 Å². The molecule has 0 aliphatic carbocycles. The molecule has 0 spiro atoms. The SMILES string of the molecule is CCC1c2nnc(o2)NC(=O)NC(=O)NC(=O)CNC(=O)[C@@H]2CCCN12. The van der Waals surface area contributed by atoms with Gasteiger partial charge < -0.3 is 9.73 Å². The normalized spacial score (nSPS) is 25.3. The smallest absolute Gasteiger partial charge is 0.330 e. The molecule has 2 bridgehead atoms. The second-order valence-electron chi connectivity index (χ2n) is 5.94. The van der Waals surface area contributed by atoms with Crippen LogP contribution in [0.4, 0.5) is 15.6 Å². The molecule has 26 heavy (non-hydrogen) atoms. The Labute approximate surface area is 148 Å². The van der Waals surface area contributed by atoms with E-state index in [0.29, 0.717) is 19.4 Å². The van der Waals surface area contributed by atoms with Gasteiger partial charge >= 0.3 is 18.1 Å². The third-order valence-electron chi connectivity index (χ3n) is 4.23. The van der Waals surface area contributed by atoms with Gasteiger partial charge in [-0.25, -0.2) is 9.59 Å². The van der Waals surface area contributed by atoms with E-state index in [0.717, 1.165) is 6.42 Å². The van der Waals surface area contributed by atoms with Crippen LogP contribution in [-0.4, -0.2) is 58.1 Å². The maximum atomic E-state index is 12.5. The monoisotopic (exact) mass is 365 g/mol. The highest BCUT2D eigenvalue weighted by Gasteiger charge is 2.37. The Balaban J connectivity index is 1.88. The highest BCUT2D eigenvalue weighted by atomic mass is 16.4. The van der Waals surface area contributed by atoms with Gasteiger partial charge in [-0.15, -0.1) is 5.10 Å². The van der Waals surface area contributed by atoms with Gasteiger partial charge in [0, 0.05) is 0 Å². The van der Waals surface area contributed by atoms with Crippen molar-refractivity contribution in [2.75, 3.05) is 18.4 Å². The summed E-state index contributed by atoms with van der Waals surface area (Å²) in [6.45, 7) is 2.20. The van der Waals surface area contributed by atoms with E-state index in [2.05, 4.69) is 20.8 Å². The first-order valence-corrected chi connectivity index (χ1v) is 8.26. The largest absolute Gasteiger partial charge is 0.406 e. The molecule has 1 unspecified atom stereocenters. The average molecular weight is 365 g/mol. The number of imide groups is 2. The Bertz CT molecular complexity index is 733. The minimum Gasteiger partial charge on any atom is -0.406 e. The van der Waals surface area contributed by atoms with E-state index in [1.807, 2.05) is 22.5 Å². The van der Waals surface area contributed by atoms with Gasteiger partial charge in [-0.1, -0.05) is 12.0 Å². The van der Waals surface area contributed by atoms with Crippen LogP contribution in [0.25, 0.3) is 0 Å². The fourth-order valence-electron chi connectivity index (χ4n) is 3.13. The number of rotatable bonds is 1. The predicted molar refractivity (Wildman–Crippen MR) is 85.8 cm³/mol. The van der Waals surface area contributed by atoms with Crippen LogP contribution in [0.15, 0.2) is 4.42 Å². The molecule has 3 rings (SSSR count). The minimum atomic E-state index is -1.04. The molecule has 0 radical (unpaired) electrons. The van der Waals surface area contributed by atoms with Crippen molar-refractivity contribution >= 4 is 29.9 Å². The Morgan fingerprint density at radius 2 is 1.88 bits per heavy atom. The van der Waals surface area contributed by atoms with E-state index in [1.165, 1.54) is 0 Å². The molecule has 12 nitrogen and oxygen atoms in total. The van der Waals surface area contributed by atoms with Gasteiger partial charge in [0.15, 0.2) is 0 Å². The lowest BCUT2D eigenvalue weighted by molar-refractivity contribution is -0.129. The molecule has 2 atom stereocenters. The quantitative estimate of drug-likeness (QED) is 0.517. The van der Waals surface area contributed by atoms with Crippen molar-refractivity contribution in [2.45, 2.75) is 38.3 Å². The zero-order valence-electron chi connectivity index (χ0n) is 14.1. The molecule has 1 saturated heterocycles. The maximum absolute atomic E-state index is 12.5. The van der Waals surface area contributed by atoms with Crippen LogP contribution in [0.2, 0.25) is 0 Å². The van der Waals surface area contributed by atoms with Crippen LogP contribution >= 0.6 is 0 Å². The Morgan fingerprint density at radius 1 is 1.12 bits per heavy atom. The number of fused-ring (bicyclic) bond motifs is 3. The highest BCUT2D eigenvalue weighted by molar-refractivity contribution is 6.05.